The fraction of sp³-hybridized carbons (Fsp3) is 0.200. The molecule has 0 aromatic heterocycles. The van der Waals surface area contributed by atoms with Gasteiger partial charge < -0.3 is 15.4 Å². The summed E-state index contributed by atoms with van der Waals surface area (Å²) in [5.41, 5.74) is 2.64. The molecule has 5 nitrogen and oxygen atoms in total. The number of benzene rings is 3. The molecule has 160 valence electrons. The fourth-order valence-corrected chi connectivity index (χ4v) is 3.06. The first-order valence-electron chi connectivity index (χ1n) is 10.1. The lowest BCUT2D eigenvalue weighted by atomic mass is 10.0. The molecular weight excluding hydrogens is 395 g/mol. The zero-order chi connectivity index (χ0) is 22.1. The summed E-state index contributed by atoms with van der Waals surface area (Å²) in [6.45, 7) is 1.98. The van der Waals surface area contributed by atoms with E-state index in [1.54, 1.807) is 19.1 Å². The molecule has 6 heteroatoms. The SMILES string of the molecule is Cc1ccc(C(=O)NCCNC(=O)COC(c2ccccc2)c2ccccc2)cc1F. The van der Waals surface area contributed by atoms with Crippen molar-refractivity contribution in [2.75, 3.05) is 19.7 Å². The summed E-state index contributed by atoms with van der Waals surface area (Å²) < 4.78 is 19.5. The Kier molecular flexibility index (Phi) is 7.90. The van der Waals surface area contributed by atoms with Crippen molar-refractivity contribution in [3.8, 4) is 0 Å². The van der Waals surface area contributed by atoms with Gasteiger partial charge in [-0.3, -0.25) is 9.59 Å². The number of ether oxygens (including phenoxy) is 1. The molecule has 0 atom stereocenters. The van der Waals surface area contributed by atoms with E-state index in [4.69, 9.17) is 4.74 Å². The number of amides is 2. The average molecular weight is 420 g/mol. The lowest BCUT2D eigenvalue weighted by Gasteiger charge is -2.19. The Bertz CT molecular complexity index is 970. The zero-order valence-electron chi connectivity index (χ0n) is 17.3. The van der Waals surface area contributed by atoms with E-state index in [0.717, 1.165) is 11.1 Å². The van der Waals surface area contributed by atoms with Crippen LogP contribution in [0.15, 0.2) is 78.9 Å². The summed E-state index contributed by atoms with van der Waals surface area (Å²) in [5.74, 6) is -1.10. The standard InChI is InChI=1S/C25H25FN2O3/c1-18-12-13-21(16-22(18)26)25(30)28-15-14-27-23(29)17-31-24(19-8-4-2-5-9-19)20-10-6-3-7-11-20/h2-13,16,24H,14-15,17H2,1H3,(H,27,29)(H,28,30). The first-order chi connectivity index (χ1) is 15.0. The minimum Gasteiger partial charge on any atom is -0.359 e. The Balaban J connectivity index is 1.46. The second-order valence-corrected chi connectivity index (χ2v) is 7.08. The van der Waals surface area contributed by atoms with Crippen LogP contribution in [-0.2, 0) is 9.53 Å². The van der Waals surface area contributed by atoms with E-state index in [9.17, 15) is 14.0 Å². The third-order valence-corrected chi connectivity index (χ3v) is 4.75. The van der Waals surface area contributed by atoms with Crippen molar-refractivity contribution < 1.29 is 18.7 Å². The summed E-state index contributed by atoms with van der Waals surface area (Å²) in [6, 6.07) is 23.7. The van der Waals surface area contributed by atoms with Crippen LogP contribution in [0.4, 0.5) is 4.39 Å². The molecule has 2 amide bonds. The summed E-state index contributed by atoms with van der Waals surface area (Å²) in [6.07, 6.45) is -0.357. The highest BCUT2D eigenvalue weighted by Gasteiger charge is 2.16. The summed E-state index contributed by atoms with van der Waals surface area (Å²) in [5, 5.41) is 5.37. The first kappa shape index (κ1) is 22.2. The molecule has 0 saturated carbocycles. The van der Waals surface area contributed by atoms with Crippen LogP contribution in [0.1, 0.15) is 33.2 Å². The summed E-state index contributed by atoms with van der Waals surface area (Å²) in [7, 11) is 0. The highest BCUT2D eigenvalue weighted by atomic mass is 19.1. The summed E-state index contributed by atoms with van der Waals surface area (Å²) >= 11 is 0. The molecule has 0 aliphatic heterocycles. The van der Waals surface area contributed by atoms with Gasteiger partial charge in [0.2, 0.25) is 5.91 Å². The minimum absolute atomic E-state index is 0.119. The molecular formula is C25H25FN2O3. The van der Waals surface area contributed by atoms with Gasteiger partial charge in [0.15, 0.2) is 0 Å². The van der Waals surface area contributed by atoms with Crippen LogP contribution >= 0.6 is 0 Å². The fourth-order valence-electron chi connectivity index (χ4n) is 3.06. The number of hydrogen-bond acceptors (Lipinski definition) is 3. The molecule has 0 radical (unpaired) electrons. The van der Waals surface area contributed by atoms with Crippen LogP contribution in [0.2, 0.25) is 0 Å². The van der Waals surface area contributed by atoms with Crippen molar-refractivity contribution in [3.63, 3.8) is 0 Å². The average Bonchev–Trinajstić information content (AvgIpc) is 2.80. The number of halogens is 1. The Morgan fingerprint density at radius 2 is 1.45 bits per heavy atom. The van der Waals surface area contributed by atoms with Gasteiger partial charge in [0.05, 0.1) is 0 Å². The lowest BCUT2D eigenvalue weighted by molar-refractivity contribution is -0.127. The summed E-state index contributed by atoms with van der Waals surface area (Å²) in [4.78, 5) is 24.3. The quantitative estimate of drug-likeness (QED) is 0.518. The number of rotatable bonds is 9. The van der Waals surface area contributed by atoms with Gasteiger partial charge in [0, 0.05) is 18.7 Å². The molecule has 0 bridgehead atoms. The van der Waals surface area contributed by atoms with Gasteiger partial charge in [0.25, 0.3) is 5.91 Å². The Morgan fingerprint density at radius 3 is 2.03 bits per heavy atom. The van der Waals surface area contributed by atoms with Gasteiger partial charge in [-0.05, 0) is 35.7 Å². The molecule has 0 heterocycles. The maximum Gasteiger partial charge on any atom is 0.251 e. The number of nitrogens with one attached hydrogen (secondary N) is 2. The van der Waals surface area contributed by atoms with E-state index < -0.39 is 11.7 Å². The van der Waals surface area contributed by atoms with Crippen LogP contribution < -0.4 is 10.6 Å². The van der Waals surface area contributed by atoms with Gasteiger partial charge in [-0.25, -0.2) is 4.39 Å². The molecule has 0 fully saturated rings. The Morgan fingerprint density at radius 1 is 0.871 bits per heavy atom. The number of aryl methyl sites for hydroxylation is 1. The molecule has 3 rings (SSSR count). The molecule has 3 aromatic rings. The topological polar surface area (TPSA) is 67.4 Å². The van der Waals surface area contributed by atoms with E-state index in [-0.39, 0.29) is 37.3 Å². The van der Waals surface area contributed by atoms with Gasteiger partial charge in [-0.2, -0.15) is 0 Å². The van der Waals surface area contributed by atoms with Gasteiger partial charge in [0.1, 0.15) is 18.5 Å². The molecule has 3 aromatic carbocycles. The number of carbonyl (C=O) groups excluding carboxylic acids is 2. The van der Waals surface area contributed by atoms with Crippen LogP contribution in [0.25, 0.3) is 0 Å². The third-order valence-electron chi connectivity index (χ3n) is 4.75. The monoisotopic (exact) mass is 420 g/mol. The van der Waals surface area contributed by atoms with Gasteiger partial charge in [-0.1, -0.05) is 66.7 Å². The normalized spacial score (nSPS) is 10.7. The largest absolute Gasteiger partial charge is 0.359 e. The van der Waals surface area contributed by atoms with E-state index in [1.807, 2.05) is 60.7 Å². The van der Waals surface area contributed by atoms with Crippen LogP contribution in [-0.4, -0.2) is 31.5 Å². The van der Waals surface area contributed by atoms with Crippen molar-refractivity contribution in [1.29, 1.82) is 0 Å². The van der Waals surface area contributed by atoms with Crippen molar-refractivity contribution >= 4 is 11.8 Å². The molecule has 0 spiro atoms. The Labute approximate surface area is 181 Å². The van der Waals surface area contributed by atoms with Crippen LogP contribution in [0.5, 0.6) is 0 Å². The zero-order valence-corrected chi connectivity index (χ0v) is 17.3. The third kappa shape index (κ3) is 6.49. The molecule has 0 unspecified atom stereocenters. The Hall–Kier alpha value is -3.51. The van der Waals surface area contributed by atoms with Crippen LogP contribution in [0, 0.1) is 12.7 Å². The van der Waals surface area contributed by atoms with Crippen molar-refractivity contribution in [3.05, 3.63) is 107 Å². The highest BCUT2D eigenvalue weighted by Crippen LogP contribution is 2.25. The van der Waals surface area contributed by atoms with E-state index in [0.29, 0.717) is 5.56 Å². The van der Waals surface area contributed by atoms with Crippen molar-refractivity contribution in [1.82, 2.24) is 10.6 Å². The molecule has 31 heavy (non-hydrogen) atoms. The molecule has 0 aliphatic carbocycles. The number of carbonyl (C=O) groups is 2. The second kappa shape index (κ2) is 11.0. The molecule has 0 saturated heterocycles. The minimum atomic E-state index is -0.426. The predicted molar refractivity (Wildman–Crippen MR) is 117 cm³/mol. The number of hydrogen-bond donors (Lipinski definition) is 2. The maximum atomic E-state index is 13.6. The van der Waals surface area contributed by atoms with Crippen molar-refractivity contribution in [2.24, 2.45) is 0 Å². The van der Waals surface area contributed by atoms with Crippen molar-refractivity contribution in [2.45, 2.75) is 13.0 Å². The maximum absolute atomic E-state index is 13.6. The molecule has 2 N–H and O–H groups in total. The predicted octanol–water partition coefficient (Wildman–Crippen LogP) is 3.79. The molecule has 0 aliphatic rings. The highest BCUT2D eigenvalue weighted by molar-refractivity contribution is 5.94. The second-order valence-electron chi connectivity index (χ2n) is 7.08. The van der Waals surface area contributed by atoms with E-state index in [1.165, 1.54) is 6.07 Å². The first-order valence-corrected chi connectivity index (χ1v) is 10.1. The van der Waals surface area contributed by atoms with E-state index >= 15 is 0 Å². The smallest absolute Gasteiger partial charge is 0.251 e. The van der Waals surface area contributed by atoms with Gasteiger partial charge in [-0.15, -0.1) is 0 Å². The van der Waals surface area contributed by atoms with E-state index in [2.05, 4.69) is 10.6 Å². The lowest BCUT2D eigenvalue weighted by Crippen LogP contribution is -2.36. The van der Waals surface area contributed by atoms with Gasteiger partial charge >= 0.3 is 0 Å². The van der Waals surface area contributed by atoms with Crippen LogP contribution in [0.3, 0.4) is 0 Å².